The van der Waals surface area contributed by atoms with Crippen LogP contribution in [0.3, 0.4) is 0 Å². The maximum atomic E-state index is 13.0. The Morgan fingerprint density at radius 2 is 1.80 bits per heavy atom. The van der Waals surface area contributed by atoms with Crippen LogP contribution in [0.25, 0.3) is 22.5 Å². The summed E-state index contributed by atoms with van der Waals surface area (Å²) in [5, 5.41) is 6.77. The fourth-order valence-corrected chi connectivity index (χ4v) is 4.09. The number of hydrogen-bond acceptors (Lipinski definition) is 4. The molecule has 1 amide bonds. The summed E-state index contributed by atoms with van der Waals surface area (Å²) in [5.41, 5.74) is 2.29. The third-order valence-electron chi connectivity index (χ3n) is 5.93. The van der Waals surface area contributed by atoms with E-state index in [1.807, 2.05) is 29.2 Å². The third-order valence-corrected chi connectivity index (χ3v) is 5.93. The van der Waals surface area contributed by atoms with Crippen molar-refractivity contribution in [3.05, 3.63) is 59.0 Å². The molecule has 30 heavy (non-hydrogen) atoms. The Hall–Kier alpha value is -3.29. The van der Waals surface area contributed by atoms with E-state index in [0.29, 0.717) is 18.9 Å². The maximum absolute atomic E-state index is 13.0. The highest BCUT2D eigenvalue weighted by atomic mass is 19.1. The molecule has 0 bridgehead atoms. The Morgan fingerprint density at radius 3 is 2.50 bits per heavy atom. The number of hydrogen-bond donors (Lipinski definition) is 1. The van der Waals surface area contributed by atoms with Crippen LogP contribution in [0.5, 0.6) is 0 Å². The number of aromatic amines is 1. The Balaban J connectivity index is 1.33. The van der Waals surface area contributed by atoms with Gasteiger partial charge in [-0.3, -0.25) is 9.36 Å². The fraction of sp³-hybridized carbons (Fsp3) is 0.364. The zero-order valence-corrected chi connectivity index (χ0v) is 16.4. The Kier molecular flexibility index (Phi) is 4.69. The Morgan fingerprint density at radius 1 is 1.07 bits per heavy atom. The van der Waals surface area contributed by atoms with Crippen molar-refractivity contribution in [1.82, 2.24) is 24.6 Å². The Labute approximate surface area is 172 Å². The van der Waals surface area contributed by atoms with Gasteiger partial charge >= 0.3 is 5.69 Å². The molecule has 1 aromatic carbocycles. The first-order valence-corrected chi connectivity index (χ1v) is 10.2. The number of benzene rings is 1. The van der Waals surface area contributed by atoms with Crippen molar-refractivity contribution in [2.24, 2.45) is 11.8 Å². The highest BCUT2D eigenvalue weighted by molar-refractivity contribution is 5.81. The number of halogens is 1. The summed E-state index contributed by atoms with van der Waals surface area (Å²) < 4.78 is 14.7. The first-order chi connectivity index (χ1) is 14.6. The number of amides is 1. The lowest BCUT2D eigenvalue weighted by atomic mass is 10.1. The van der Waals surface area contributed by atoms with Crippen LogP contribution >= 0.6 is 0 Å². The van der Waals surface area contributed by atoms with Gasteiger partial charge in [0.25, 0.3) is 0 Å². The number of nitrogens with one attached hydrogen (secondary N) is 1. The molecule has 3 heterocycles. The molecule has 0 spiro atoms. The van der Waals surface area contributed by atoms with E-state index in [-0.39, 0.29) is 23.4 Å². The van der Waals surface area contributed by atoms with Crippen molar-refractivity contribution in [3.63, 3.8) is 0 Å². The number of pyridine rings is 1. The van der Waals surface area contributed by atoms with Crippen molar-refractivity contribution in [1.29, 1.82) is 0 Å². The van der Waals surface area contributed by atoms with Gasteiger partial charge in [0, 0.05) is 42.9 Å². The van der Waals surface area contributed by atoms with Crippen molar-refractivity contribution in [3.8, 4) is 22.5 Å². The van der Waals surface area contributed by atoms with Gasteiger partial charge in [-0.25, -0.2) is 14.9 Å². The zero-order valence-electron chi connectivity index (χ0n) is 16.4. The summed E-state index contributed by atoms with van der Waals surface area (Å²) in [4.78, 5) is 30.3. The van der Waals surface area contributed by atoms with Gasteiger partial charge in [-0.05, 0) is 42.9 Å². The second-order valence-corrected chi connectivity index (χ2v) is 8.12. The minimum atomic E-state index is -0.514. The molecule has 1 aliphatic carbocycles. The molecule has 7 nitrogen and oxygen atoms in total. The van der Waals surface area contributed by atoms with Crippen LogP contribution in [0.1, 0.15) is 19.3 Å². The normalized spacial score (nSPS) is 18.7. The molecular formula is C22H22FN5O2. The topological polar surface area (TPSA) is 83.9 Å². The van der Waals surface area contributed by atoms with E-state index in [4.69, 9.17) is 0 Å². The van der Waals surface area contributed by atoms with Crippen LogP contribution in [-0.4, -0.2) is 43.6 Å². The van der Waals surface area contributed by atoms with Crippen LogP contribution in [0.15, 0.2) is 47.4 Å². The molecule has 0 radical (unpaired) electrons. The number of carbonyl (C=O) groups excluding carboxylic acids is 1. The van der Waals surface area contributed by atoms with Gasteiger partial charge < -0.3 is 4.90 Å². The van der Waals surface area contributed by atoms with Crippen LogP contribution in [-0.2, 0) is 11.3 Å². The lowest BCUT2D eigenvalue weighted by molar-refractivity contribution is -0.131. The summed E-state index contributed by atoms with van der Waals surface area (Å²) in [5.74, 6) is 0.802. The minimum absolute atomic E-state index is 0.228. The highest BCUT2D eigenvalue weighted by Gasteiger charge is 2.36. The minimum Gasteiger partial charge on any atom is -0.342 e. The van der Waals surface area contributed by atoms with E-state index in [1.165, 1.54) is 12.3 Å². The molecule has 5 rings (SSSR count). The quantitative estimate of drug-likeness (QED) is 0.659. The monoisotopic (exact) mass is 407 g/mol. The molecular weight excluding hydrogens is 385 g/mol. The lowest BCUT2D eigenvalue weighted by Crippen LogP contribution is -2.31. The van der Waals surface area contributed by atoms with Crippen molar-refractivity contribution < 1.29 is 9.18 Å². The number of aromatic nitrogens is 4. The molecule has 1 atom stereocenters. The predicted molar refractivity (Wildman–Crippen MR) is 109 cm³/mol. The Bertz CT molecular complexity index is 1120. The van der Waals surface area contributed by atoms with E-state index >= 15 is 0 Å². The molecule has 2 fully saturated rings. The largest absolute Gasteiger partial charge is 0.343 e. The van der Waals surface area contributed by atoms with Gasteiger partial charge in [0.05, 0.1) is 0 Å². The molecule has 0 unspecified atom stereocenters. The molecule has 2 aromatic heterocycles. The number of nitrogens with zero attached hydrogens (tertiary/aromatic N) is 4. The average molecular weight is 407 g/mol. The molecule has 8 heteroatoms. The van der Waals surface area contributed by atoms with Gasteiger partial charge in [-0.2, -0.15) is 9.49 Å². The van der Waals surface area contributed by atoms with Crippen molar-refractivity contribution in [2.75, 3.05) is 13.1 Å². The smallest absolute Gasteiger partial charge is 0.342 e. The molecule has 1 saturated heterocycles. The predicted octanol–water partition coefficient (Wildman–Crippen LogP) is 2.70. The number of rotatable bonds is 5. The number of carbonyl (C=O) groups is 1. The van der Waals surface area contributed by atoms with Gasteiger partial charge in [-0.1, -0.05) is 24.3 Å². The third kappa shape index (κ3) is 3.65. The lowest BCUT2D eigenvalue weighted by Gasteiger charge is -2.16. The fourth-order valence-electron chi connectivity index (χ4n) is 4.09. The molecule has 1 aliphatic heterocycles. The average Bonchev–Trinajstić information content (AvgIpc) is 3.41. The van der Waals surface area contributed by atoms with Crippen molar-refractivity contribution in [2.45, 2.75) is 25.8 Å². The van der Waals surface area contributed by atoms with Crippen LogP contribution in [0.2, 0.25) is 0 Å². The van der Waals surface area contributed by atoms with E-state index in [2.05, 4.69) is 15.2 Å². The summed E-state index contributed by atoms with van der Waals surface area (Å²) in [7, 11) is 0. The maximum Gasteiger partial charge on any atom is 0.343 e. The van der Waals surface area contributed by atoms with Crippen molar-refractivity contribution >= 4 is 5.91 Å². The van der Waals surface area contributed by atoms with Crippen LogP contribution in [0, 0.1) is 17.8 Å². The second-order valence-electron chi connectivity index (χ2n) is 8.12. The van der Waals surface area contributed by atoms with Gasteiger partial charge in [0.1, 0.15) is 0 Å². The molecule has 154 valence electrons. The van der Waals surface area contributed by atoms with Gasteiger partial charge in [0.15, 0.2) is 5.82 Å². The molecule has 3 aromatic rings. The first-order valence-electron chi connectivity index (χ1n) is 10.2. The molecule has 2 aliphatic rings. The zero-order chi connectivity index (χ0) is 20.7. The van der Waals surface area contributed by atoms with E-state index < -0.39 is 5.95 Å². The summed E-state index contributed by atoms with van der Waals surface area (Å²) in [6.45, 7) is 1.99. The van der Waals surface area contributed by atoms with E-state index in [0.717, 1.165) is 42.5 Å². The van der Waals surface area contributed by atoms with E-state index in [9.17, 15) is 14.0 Å². The SMILES string of the molecule is O=C(C1CC1)N1CC[C@@H](Cn2c(-c3ccc(-c4ccc(F)nc4)cc3)n[nH]c2=O)C1. The summed E-state index contributed by atoms with van der Waals surface area (Å²) in [6.07, 6.45) is 4.40. The molecule has 1 N–H and O–H groups in total. The first kappa shape index (κ1) is 18.7. The second kappa shape index (κ2) is 7.51. The highest BCUT2D eigenvalue weighted by Crippen LogP contribution is 2.33. The number of likely N-dealkylation sites (tertiary alicyclic amines) is 1. The van der Waals surface area contributed by atoms with Crippen LogP contribution < -0.4 is 5.69 Å². The van der Waals surface area contributed by atoms with Gasteiger partial charge in [0.2, 0.25) is 11.9 Å². The number of H-pyrrole nitrogens is 1. The molecule has 1 saturated carbocycles. The standard InChI is InChI=1S/C22H22FN5O2/c23-19-8-7-18(11-24-19)15-1-3-16(4-2-15)20-25-26-22(30)28(20)13-14-9-10-27(12-14)21(29)17-5-6-17/h1-4,7-8,11,14,17H,5-6,9-10,12-13H2,(H,26,30)/t14-/m1/s1. The van der Waals surface area contributed by atoms with Crippen LogP contribution in [0.4, 0.5) is 4.39 Å². The summed E-state index contributed by atoms with van der Waals surface area (Å²) >= 11 is 0. The van der Waals surface area contributed by atoms with Gasteiger partial charge in [-0.15, -0.1) is 0 Å². The summed E-state index contributed by atoms with van der Waals surface area (Å²) in [6, 6.07) is 10.6. The van der Waals surface area contributed by atoms with E-state index in [1.54, 1.807) is 10.6 Å².